The van der Waals surface area contributed by atoms with Crippen molar-refractivity contribution in [1.82, 2.24) is 10.3 Å². The van der Waals surface area contributed by atoms with Gasteiger partial charge in [-0.05, 0) is 44.5 Å². The zero-order valence-electron chi connectivity index (χ0n) is 10.7. The Morgan fingerprint density at radius 1 is 1.47 bits per heavy atom. The molecule has 0 spiro atoms. The number of hydrogen-bond acceptors (Lipinski definition) is 4. The molecule has 17 heavy (non-hydrogen) atoms. The van der Waals surface area contributed by atoms with Gasteiger partial charge in [-0.15, -0.1) is 11.8 Å². The maximum atomic E-state index is 8.99. The second-order valence-corrected chi connectivity index (χ2v) is 5.11. The Labute approximate surface area is 108 Å². The fourth-order valence-corrected chi connectivity index (χ4v) is 2.51. The number of nitriles is 1. The van der Waals surface area contributed by atoms with Crippen LogP contribution in [0.25, 0.3) is 0 Å². The van der Waals surface area contributed by atoms with E-state index in [0.29, 0.717) is 0 Å². The first-order chi connectivity index (χ1) is 8.15. The number of nitrogens with zero attached hydrogens (tertiary/aromatic N) is 2. The van der Waals surface area contributed by atoms with E-state index in [1.54, 1.807) is 11.8 Å². The Morgan fingerprint density at radius 3 is 2.82 bits per heavy atom. The van der Waals surface area contributed by atoms with E-state index in [1.807, 2.05) is 6.92 Å². The number of pyridine rings is 1. The van der Waals surface area contributed by atoms with Gasteiger partial charge in [-0.1, -0.05) is 6.92 Å². The van der Waals surface area contributed by atoms with E-state index in [0.717, 1.165) is 29.4 Å². The van der Waals surface area contributed by atoms with Crippen LogP contribution in [0.15, 0.2) is 17.2 Å². The van der Waals surface area contributed by atoms with Gasteiger partial charge in [-0.2, -0.15) is 5.26 Å². The zero-order valence-corrected chi connectivity index (χ0v) is 11.5. The fourth-order valence-electron chi connectivity index (χ4n) is 1.51. The lowest BCUT2D eigenvalue weighted by Crippen LogP contribution is -2.30. The van der Waals surface area contributed by atoms with Crippen LogP contribution in [0.2, 0.25) is 0 Å². The maximum absolute atomic E-state index is 8.99. The summed E-state index contributed by atoms with van der Waals surface area (Å²) >= 11 is 1.64. The lowest BCUT2D eigenvalue weighted by Gasteiger charge is -2.10. The fraction of sp³-hybridized carbons (Fsp3) is 0.538. The molecule has 3 nitrogen and oxygen atoms in total. The predicted octanol–water partition coefficient (Wildman–Crippen LogP) is 2.68. The highest BCUT2D eigenvalue weighted by Gasteiger charge is 2.07. The molecule has 0 amide bonds. The quantitative estimate of drug-likeness (QED) is 0.787. The molecule has 0 bridgehead atoms. The Hall–Kier alpha value is -1.05. The van der Waals surface area contributed by atoms with Crippen molar-refractivity contribution in [2.24, 2.45) is 0 Å². The summed E-state index contributed by atoms with van der Waals surface area (Å²) in [6, 6.07) is 6.30. The first kappa shape index (κ1) is 14.0. The summed E-state index contributed by atoms with van der Waals surface area (Å²) in [5.41, 5.74) is 2.25. The van der Waals surface area contributed by atoms with Crippen molar-refractivity contribution in [3.63, 3.8) is 0 Å². The molecule has 0 aliphatic carbocycles. The van der Waals surface area contributed by atoms with E-state index in [1.165, 1.54) is 5.56 Å². The van der Waals surface area contributed by atoms with Gasteiger partial charge in [0.05, 0.1) is 11.1 Å². The van der Waals surface area contributed by atoms with Crippen molar-refractivity contribution < 1.29 is 0 Å². The van der Waals surface area contributed by atoms with Gasteiger partial charge >= 0.3 is 0 Å². The number of hydrogen-bond donors (Lipinski definition) is 1. The number of thioether (sulfide) groups is 1. The predicted molar refractivity (Wildman–Crippen MR) is 72.1 cm³/mol. The third kappa shape index (κ3) is 5.20. The normalized spacial score (nSPS) is 12.1. The van der Waals surface area contributed by atoms with E-state index in [2.05, 4.69) is 42.4 Å². The van der Waals surface area contributed by atoms with E-state index in [-0.39, 0.29) is 6.04 Å². The molecule has 1 aromatic rings. The molecular formula is C13H19N3S. The van der Waals surface area contributed by atoms with Crippen LogP contribution in [-0.4, -0.2) is 23.3 Å². The SMILES string of the molecule is CCCNC(C#N)CSc1cc(C)cc(C)n1. The molecule has 4 heteroatoms. The van der Waals surface area contributed by atoms with Crippen molar-refractivity contribution in [1.29, 1.82) is 5.26 Å². The summed E-state index contributed by atoms with van der Waals surface area (Å²) < 4.78 is 0. The van der Waals surface area contributed by atoms with Crippen molar-refractivity contribution in [3.05, 3.63) is 23.4 Å². The smallest absolute Gasteiger partial charge is 0.105 e. The van der Waals surface area contributed by atoms with Crippen LogP contribution >= 0.6 is 11.8 Å². The average molecular weight is 249 g/mol. The molecule has 1 unspecified atom stereocenters. The molecule has 1 atom stereocenters. The second kappa shape index (κ2) is 7.31. The topological polar surface area (TPSA) is 48.7 Å². The van der Waals surface area contributed by atoms with Gasteiger partial charge < -0.3 is 5.32 Å². The Morgan fingerprint density at radius 2 is 2.24 bits per heavy atom. The zero-order chi connectivity index (χ0) is 12.7. The van der Waals surface area contributed by atoms with Crippen molar-refractivity contribution >= 4 is 11.8 Å². The maximum Gasteiger partial charge on any atom is 0.105 e. The molecule has 0 aliphatic heterocycles. The molecule has 0 saturated heterocycles. The molecule has 0 fully saturated rings. The average Bonchev–Trinajstić information content (AvgIpc) is 2.28. The summed E-state index contributed by atoms with van der Waals surface area (Å²) in [5, 5.41) is 13.2. The van der Waals surface area contributed by atoms with Crippen LogP contribution in [0, 0.1) is 25.2 Å². The first-order valence-electron chi connectivity index (χ1n) is 5.86. The molecular weight excluding hydrogens is 230 g/mol. The standard InChI is InChI=1S/C13H19N3S/c1-4-5-15-12(8-14)9-17-13-7-10(2)6-11(3)16-13/h6-7,12,15H,4-5,9H2,1-3H3. The van der Waals surface area contributed by atoms with Crippen molar-refractivity contribution in [3.8, 4) is 6.07 Å². The molecule has 0 aliphatic rings. The Kier molecular flexibility index (Phi) is 6.03. The van der Waals surface area contributed by atoms with Crippen LogP contribution < -0.4 is 5.32 Å². The van der Waals surface area contributed by atoms with Gasteiger partial charge in [0.1, 0.15) is 6.04 Å². The molecule has 0 aromatic carbocycles. The van der Waals surface area contributed by atoms with Crippen LogP contribution in [0.5, 0.6) is 0 Å². The summed E-state index contributed by atoms with van der Waals surface area (Å²) in [7, 11) is 0. The second-order valence-electron chi connectivity index (χ2n) is 4.07. The number of aryl methyl sites for hydroxylation is 2. The van der Waals surface area contributed by atoms with Crippen LogP contribution in [-0.2, 0) is 0 Å². The number of nitrogens with one attached hydrogen (secondary N) is 1. The van der Waals surface area contributed by atoms with Crippen LogP contribution in [0.3, 0.4) is 0 Å². The molecule has 1 rings (SSSR count). The molecule has 92 valence electrons. The molecule has 0 saturated carbocycles. The minimum Gasteiger partial charge on any atom is -0.301 e. The van der Waals surface area contributed by atoms with Crippen molar-refractivity contribution in [2.45, 2.75) is 38.3 Å². The van der Waals surface area contributed by atoms with Gasteiger partial charge in [0.15, 0.2) is 0 Å². The van der Waals surface area contributed by atoms with Crippen molar-refractivity contribution in [2.75, 3.05) is 12.3 Å². The molecule has 1 aromatic heterocycles. The number of rotatable bonds is 6. The minimum absolute atomic E-state index is 0.0948. The van der Waals surface area contributed by atoms with Gasteiger partial charge in [-0.3, -0.25) is 0 Å². The lowest BCUT2D eigenvalue weighted by atomic mass is 10.3. The van der Waals surface area contributed by atoms with Gasteiger partial charge in [0, 0.05) is 11.4 Å². The van der Waals surface area contributed by atoms with Gasteiger partial charge in [0.25, 0.3) is 0 Å². The third-order valence-corrected chi connectivity index (χ3v) is 3.27. The number of aromatic nitrogens is 1. The molecule has 0 radical (unpaired) electrons. The Balaban J connectivity index is 2.51. The van der Waals surface area contributed by atoms with E-state index in [9.17, 15) is 0 Å². The molecule has 1 heterocycles. The van der Waals surface area contributed by atoms with E-state index < -0.39 is 0 Å². The molecule has 1 N–H and O–H groups in total. The largest absolute Gasteiger partial charge is 0.301 e. The monoisotopic (exact) mass is 249 g/mol. The van der Waals surface area contributed by atoms with Gasteiger partial charge in [0.2, 0.25) is 0 Å². The summed E-state index contributed by atoms with van der Waals surface area (Å²) in [4.78, 5) is 4.45. The minimum atomic E-state index is -0.0948. The summed E-state index contributed by atoms with van der Waals surface area (Å²) in [6.07, 6.45) is 1.05. The van der Waals surface area contributed by atoms with Crippen LogP contribution in [0.4, 0.5) is 0 Å². The Bertz CT molecular complexity index is 378. The third-order valence-electron chi connectivity index (χ3n) is 2.27. The van der Waals surface area contributed by atoms with E-state index in [4.69, 9.17) is 5.26 Å². The highest BCUT2D eigenvalue weighted by atomic mass is 32.2. The highest BCUT2D eigenvalue weighted by molar-refractivity contribution is 7.99. The lowest BCUT2D eigenvalue weighted by molar-refractivity contribution is 0.637. The summed E-state index contributed by atoms with van der Waals surface area (Å²) in [5.74, 6) is 0.742. The van der Waals surface area contributed by atoms with Crippen LogP contribution in [0.1, 0.15) is 24.6 Å². The highest BCUT2D eigenvalue weighted by Crippen LogP contribution is 2.18. The van der Waals surface area contributed by atoms with E-state index >= 15 is 0 Å². The van der Waals surface area contributed by atoms with Gasteiger partial charge in [-0.25, -0.2) is 4.98 Å². The first-order valence-corrected chi connectivity index (χ1v) is 6.85. The summed E-state index contributed by atoms with van der Waals surface area (Å²) in [6.45, 7) is 7.04.